The summed E-state index contributed by atoms with van der Waals surface area (Å²) in [6, 6.07) is 15.1. The molecule has 0 radical (unpaired) electrons. The number of rotatable bonds is 4. The van der Waals surface area contributed by atoms with Gasteiger partial charge in [0.05, 0.1) is 0 Å². The second kappa shape index (κ2) is 6.71. The highest BCUT2D eigenvalue weighted by atomic mass is 16.3. The number of para-hydroxylation sites is 1. The van der Waals surface area contributed by atoms with Crippen molar-refractivity contribution in [3.63, 3.8) is 0 Å². The van der Waals surface area contributed by atoms with Crippen LogP contribution in [0.4, 0.5) is 17.2 Å². The van der Waals surface area contributed by atoms with Gasteiger partial charge in [0, 0.05) is 80.8 Å². The molecular formula is C22H28N4O. The Morgan fingerprint density at radius 2 is 1.67 bits per heavy atom. The van der Waals surface area contributed by atoms with Crippen molar-refractivity contribution in [2.75, 3.05) is 60.6 Å². The molecule has 1 atom stereocenters. The molecule has 3 fully saturated rings. The van der Waals surface area contributed by atoms with E-state index in [1.54, 1.807) is 0 Å². The Morgan fingerprint density at radius 1 is 0.926 bits per heavy atom. The second-order valence-electron chi connectivity index (χ2n) is 8.50. The van der Waals surface area contributed by atoms with Gasteiger partial charge in [0.2, 0.25) is 0 Å². The Kier molecular flexibility index (Phi) is 4.20. The van der Waals surface area contributed by atoms with Crippen LogP contribution in [0.15, 0.2) is 48.7 Å². The number of aliphatic hydroxyl groups excluding tert-OH is 1. The summed E-state index contributed by atoms with van der Waals surface area (Å²) >= 11 is 0. The summed E-state index contributed by atoms with van der Waals surface area (Å²) in [6.07, 6.45) is 4.45. The predicted octanol–water partition coefficient (Wildman–Crippen LogP) is 2.62. The average Bonchev–Trinajstić information content (AvgIpc) is 3.29. The van der Waals surface area contributed by atoms with E-state index in [2.05, 4.69) is 62.1 Å². The fraction of sp³-hybridized carbons (Fsp3) is 0.500. The average molecular weight is 364 g/mol. The van der Waals surface area contributed by atoms with Crippen molar-refractivity contribution in [2.45, 2.75) is 12.8 Å². The molecule has 1 N–H and O–H groups in total. The maximum Gasteiger partial charge on any atom is 0.130 e. The fourth-order valence-electron chi connectivity index (χ4n) is 4.93. The van der Waals surface area contributed by atoms with E-state index in [4.69, 9.17) is 0 Å². The zero-order valence-corrected chi connectivity index (χ0v) is 15.8. The highest BCUT2D eigenvalue weighted by Gasteiger charge is 2.44. The molecule has 0 amide bonds. The molecule has 4 heterocycles. The third kappa shape index (κ3) is 3.14. The largest absolute Gasteiger partial charge is 0.396 e. The van der Waals surface area contributed by atoms with Crippen LogP contribution in [0.5, 0.6) is 0 Å². The van der Waals surface area contributed by atoms with E-state index in [0.717, 1.165) is 45.1 Å². The van der Waals surface area contributed by atoms with Crippen molar-refractivity contribution in [3.8, 4) is 0 Å². The number of aromatic nitrogens is 1. The Hall–Kier alpha value is -2.27. The third-order valence-electron chi connectivity index (χ3n) is 6.63. The summed E-state index contributed by atoms with van der Waals surface area (Å²) in [5, 5.41) is 9.25. The lowest BCUT2D eigenvalue weighted by molar-refractivity contribution is 0.201. The second-order valence-corrected chi connectivity index (χ2v) is 8.50. The minimum atomic E-state index is 0.293. The van der Waals surface area contributed by atoms with Crippen LogP contribution >= 0.6 is 0 Å². The summed E-state index contributed by atoms with van der Waals surface area (Å²) in [7, 11) is 0. The van der Waals surface area contributed by atoms with Crippen molar-refractivity contribution < 1.29 is 5.11 Å². The van der Waals surface area contributed by atoms with E-state index in [-0.39, 0.29) is 0 Å². The molecule has 5 heteroatoms. The van der Waals surface area contributed by atoms with Gasteiger partial charge in [-0.15, -0.1) is 0 Å². The van der Waals surface area contributed by atoms with E-state index >= 15 is 0 Å². The Bertz CT molecular complexity index is 792. The molecule has 5 rings (SSSR count). The number of aliphatic hydroxyl groups is 1. The Morgan fingerprint density at radius 3 is 2.44 bits per heavy atom. The van der Waals surface area contributed by atoms with Gasteiger partial charge >= 0.3 is 0 Å². The van der Waals surface area contributed by atoms with Crippen LogP contribution in [0.25, 0.3) is 0 Å². The van der Waals surface area contributed by atoms with Gasteiger partial charge in [0.25, 0.3) is 0 Å². The number of hydrogen-bond donors (Lipinski definition) is 1. The first-order chi connectivity index (χ1) is 13.2. The third-order valence-corrected chi connectivity index (χ3v) is 6.63. The summed E-state index contributed by atoms with van der Waals surface area (Å²) in [5.74, 6) is 1.54. The Balaban J connectivity index is 1.26. The van der Waals surface area contributed by atoms with E-state index in [0.29, 0.717) is 17.9 Å². The van der Waals surface area contributed by atoms with Crippen LogP contribution < -0.4 is 14.7 Å². The molecule has 1 unspecified atom stereocenters. The molecule has 3 aliphatic heterocycles. The SMILES string of the molecule is OCC1CN(c2ccnc(N3CCC4(CCN(c5ccccc5)C4)C3)c2)C1. The van der Waals surface area contributed by atoms with Gasteiger partial charge in [-0.25, -0.2) is 4.98 Å². The maximum absolute atomic E-state index is 9.25. The highest BCUT2D eigenvalue weighted by molar-refractivity contribution is 5.57. The van der Waals surface area contributed by atoms with Crippen molar-refractivity contribution >= 4 is 17.2 Å². The molecule has 3 saturated heterocycles. The summed E-state index contributed by atoms with van der Waals surface area (Å²) in [6.45, 7) is 6.70. The van der Waals surface area contributed by atoms with E-state index < -0.39 is 0 Å². The van der Waals surface area contributed by atoms with Gasteiger partial charge in [-0.3, -0.25) is 0 Å². The fourth-order valence-corrected chi connectivity index (χ4v) is 4.93. The van der Waals surface area contributed by atoms with Crippen LogP contribution in [-0.4, -0.2) is 56.0 Å². The molecule has 0 aliphatic carbocycles. The lowest BCUT2D eigenvalue weighted by atomic mass is 9.86. The van der Waals surface area contributed by atoms with Gasteiger partial charge in [0.1, 0.15) is 5.82 Å². The van der Waals surface area contributed by atoms with Crippen molar-refractivity contribution in [1.29, 1.82) is 0 Å². The number of nitrogens with zero attached hydrogens (tertiary/aromatic N) is 4. The highest BCUT2D eigenvalue weighted by Crippen LogP contribution is 2.42. The van der Waals surface area contributed by atoms with E-state index in [1.807, 2.05) is 6.20 Å². The van der Waals surface area contributed by atoms with Gasteiger partial charge in [-0.05, 0) is 31.0 Å². The maximum atomic E-state index is 9.25. The van der Waals surface area contributed by atoms with E-state index in [1.165, 1.54) is 24.2 Å². The molecular weight excluding hydrogens is 336 g/mol. The zero-order valence-electron chi connectivity index (χ0n) is 15.8. The molecule has 0 bridgehead atoms. The van der Waals surface area contributed by atoms with Gasteiger partial charge < -0.3 is 19.8 Å². The molecule has 3 aliphatic rings. The lowest BCUT2D eigenvalue weighted by Crippen LogP contribution is -2.48. The minimum absolute atomic E-state index is 0.293. The molecule has 142 valence electrons. The minimum Gasteiger partial charge on any atom is -0.396 e. The number of anilines is 3. The topological polar surface area (TPSA) is 42.8 Å². The van der Waals surface area contributed by atoms with Gasteiger partial charge in [-0.1, -0.05) is 18.2 Å². The first-order valence-corrected chi connectivity index (χ1v) is 10.1. The van der Waals surface area contributed by atoms with Crippen LogP contribution in [0.1, 0.15) is 12.8 Å². The zero-order chi connectivity index (χ0) is 18.3. The monoisotopic (exact) mass is 364 g/mol. The van der Waals surface area contributed by atoms with Crippen LogP contribution in [0, 0.1) is 11.3 Å². The molecule has 1 aromatic carbocycles. The van der Waals surface area contributed by atoms with Crippen LogP contribution in [0.3, 0.4) is 0 Å². The molecule has 27 heavy (non-hydrogen) atoms. The molecule has 5 nitrogen and oxygen atoms in total. The van der Waals surface area contributed by atoms with Crippen LogP contribution in [-0.2, 0) is 0 Å². The first kappa shape index (κ1) is 16.9. The normalized spacial score (nSPS) is 25.4. The van der Waals surface area contributed by atoms with Crippen molar-refractivity contribution in [2.24, 2.45) is 11.3 Å². The standard InChI is InChI=1S/C22H28N4O/c27-15-18-13-26(14-18)20-6-9-23-21(12-20)25-11-8-22(17-25)7-10-24(16-22)19-4-2-1-3-5-19/h1-6,9,12,18,27H,7-8,10-11,13-17H2. The smallest absolute Gasteiger partial charge is 0.130 e. The van der Waals surface area contributed by atoms with Crippen molar-refractivity contribution in [1.82, 2.24) is 4.98 Å². The number of pyridine rings is 1. The Labute approximate surface area is 161 Å². The number of hydrogen-bond acceptors (Lipinski definition) is 5. The van der Waals surface area contributed by atoms with E-state index in [9.17, 15) is 5.11 Å². The number of benzene rings is 1. The van der Waals surface area contributed by atoms with Crippen molar-refractivity contribution in [3.05, 3.63) is 48.7 Å². The predicted molar refractivity (Wildman–Crippen MR) is 110 cm³/mol. The molecule has 1 aromatic heterocycles. The first-order valence-electron chi connectivity index (χ1n) is 10.1. The molecule has 1 spiro atoms. The van der Waals surface area contributed by atoms with Crippen LogP contribution in [0.2, 0.25) is 0 Å². The van der Waals surface area contributed by atoms with Gasteiger partial charge in [0.15, 0.2) is 0 Å². The molecule has 2 aromatic rings. The van der Waals surface area contributed by atoms with Gasteiger partial charge in [-0.2, -0.15) is 0 Å². The quantitative estimate of drug-likeness (QED) is 0.903. The summed E-state index contributed by atoms with van der Waals surface area (Å²) in [4.78, 5) is 12.0. The molecule has 0 saturated carbocycles. The summed E-state index contributed by atoms with van der Waals surface area (Å²) in [5.41, 5.74) is 2.99. The lowest BCUT2D eigenvalue weighted by Gasteiger charge is -2.40. The summed E-state index contributed by atoms with van der Waals surface area (Å²) < 4.78 is 0.